The van der Waals surface area contributed by atoms with E-state index in [0.717, 1.165) is 12.1 Å². The predicted octanol–water partition coefficient (Wildman–Crippen LogP) is 3.92. The second-order valence-electron chi connectivity index (χ2n) is 4.48. The molecule has 1 aromatic heterocycles. The van der Waals surface area contributed by atoms with E-state index in [9.17, 15) is 13.6 Å². The molecule has 1 amide bonds. The molecular formula is C15H8ClF2N3O2. The molecule has 3 rings (SSSR count). The maximum Gasteiger partial charge on any atom is 0.313 e. The van der Waals surface area contributed by atoms with E-state index in [1.54, 1.807) is 24.3 Å². The van der Waals surface area contributed by atoms with E-state index < -0.39 is 17.5 Å². The molecule has 116 valence electrons. The quantitative estimate of drug-likeness (QED) is 0.787. The summed E-state index contributed by atoms with van der Waals surface area (Å²) in [5, 5.41) is 10.1. The summed E-state index contributed by atoms with van der Waals surface area (Å²) in [4.78, 5) is 12.0. The number of nitrogens with one attached hydrogen (secondary N) is 1. The zero-order valence-corrected chi connectivity index (χ0v) is 12.1. The monoisotopic (exact) mass is 335 g/mol. The third-order valence-electron chi connectivity index (χ3n) is 2.90. The molecular weight excluding hydrogens is 328 g/mol. The van der Waals surface area contributed by atoms with E-state index in [1.807, 2.05) is 0 Å². The average Bonchev–Trinajstić information content (AvgIpc) is 3.01. The fourth-order valence-electron chi connectivity index (χ4n) is 1.82. The minimum Gasteiger partial charge on any atom is -0.412 e. The Morgan fingerprint density at radius 2 is 1.87 bits per heavy atom. The molecule has 0 aliphatic carbocycles. The van der Waals surface area contributed by atoms with Crippen molar-refractivity contribution in [3.05, 3.63) is 65.0 Å². The van der Waals surface area contributed by atoms with E-state index in [4.69, 9.17) is 16.0 Å². The molecule has 0 radical (unpaired) electrons. The lowest BCUT2D eigenvalue weighted by Gasteiger charge is -2.02. The van der Waals surface area contributed by atoms with Gasteiger partial charge in [0.05, 0.1) is 10.6 Å². The minimum absolute atomic E-state index is 0.0615. The average molecular weight is 336 g/mol. The molecule has 0 spiro atoms. The van der Waals surface area contributed by atoms with Gasteiger partial charge in [0.25, 0.3) is 0 Å². The highest BCUT2D eigenvalue weighted by atomic mass is 35.5. The van der Waals surface area contributed by atoms with Crippen molar-refractivity contribution < 1.29 is 18.0 Å². The molecule has 0 aliphatic rings. The molecule has 1 heterocycles. The van der Waals surface area contributed by atoms with E-state index in [-0.39, 0.29) is 17.5 Å². The van der Waals surface area contributed by atoms with Crippen LogP contribution in [0.15, 0.2) is 46.9 Å². The van der Waals surface area contributed by atoms with Gasteiger partial charge in [0.15, 0.2) is 11.6 Å². The fourth-order valence-corrected chi connectivity index (χ4v) is 2.03. The molecule has 0 bridgehead atoms. The third-order valence-corrected chi connectivity index (χ3v) is 3.23. The highest BCUT2D eigenvalue weighted by Crippen LogP contribution is 2.26. The summed E-state index contributed by atoms with van der Waals surface area (Å²) in [7, 11) is 0. The van der Waals surface area contributed by atoms with Crippen molar-refractivity contribution in [1.29, 1.82) is 0 Å². The number of anilines is 1. The van der Waals surface area contributed by atoms with Gasteiger partial charge in [0.1, 0.15) is 0 Å². The lowest BCUT2D eigenvalue weighted by molar-refractivity contribution is 0.0991. The number of rotatable bonds is 3. The first-order chi connectivity index (χ1) is 11.0. The number of amides is 1. The summed E-state index contributed by atoms with van der Waals surface area (Å²) in [6.45, 7) is 0. The Hall–Kier alpha value is -2.80. The highest BCUT2D eigenvalue weighted by molar-refractivity contribution is 6.33. The number of hydrogen-bond acceptors (Lipinski definition) is 4. The molecule has 3 aromatic rings. The normalized spacial score (nSPS) is 10.6. The first-order valence-electron chi connectivity index (χ1n) is 6.39. The Balaban J connectivity index is 1.81. The standard InChI is InChI=1S/C15H8ClF2N3O2/c16-10-4-2-1-3-9(10)14-20-21-15(23-14)13(22)19-8-5-6-11(17)12(18)7-8/h1-7H,(H,19,22). The van der Waals surface area contributed by atoms with Gasteiger partial charge in [0.2, 0.25) is 5.89 Å². The van der Waals surface area contributed by atoms with Crippen LogP contribution in [0.25, 0.3) is 11.5 Å². The van der Waals surface area contributed by atoms with Gasteiger partial charge in [-0.25, -0.2) is 8.78 Å². The Kier molecular flexibility index (Phi) is 4.03. The molecule has 0 unspecified atom stereocenters. The van der Waals surface area contributed by atoms with Crippen LogP contribution in [0.5, 0.6) is 0 Å². The number of aromatic nitrogens is 2. The van der Waals surface area contributed by atoms with Crippen LogP contribution in [-0.2, 0) is 0 Å². The smallest absolute Gasteiger partial charge is 0.313 e. The van der Waals surface area contributed by atoms with Crippen molar-refractivity contribution in [1.82, 2.24) is 10.2 Å². The molecule has 0 saturated carbocycles. The van der Waals surface area contributed by atoms with Crippen LogP contribution in [0.4, 0.5) is 14.5 Å². The van der Waals surface area contributed by atoms with E-state index in [2.05, 4.69) is 15.5 Å². The second kappa shape index (κ2) is 6.13. The predicted molar refractivity (Wildman–Crippen MR) is 79.1 cm³/mol. The van der Waals surface area contributed by atoms with Gasteiger partial charge in [-0.1, -0.05) is 23.7 Å². The maximum absolute atomic E-state index is 13.1. The van der Waals surface area contributed by atoms with Crippen LogP contribution in [0, 0.1) is 11.6 Å². The van der Waals surface area contributed by atoms with Gasteiger partial charge in [-0.05, 0) is 24.3 Å². The summed E-state index contributed by atoms with van der Waals surface area (Å²) in [6, 6.07) is 9.72. The lowest BCUT2D eigenvalue weighted by atomic mass is 10.2. The molecule has 5 nitrogen and oxygen atoms in total. The summed E-state index contributed by atoms with van der Waals surface area (Å²) in [5.41, 5.74) is 0.542. The molecule has 0 saturated heterocycles. The van der Waals surface area contributed by atoms with Crippen LogP contribution in [0.3, 0.4) is 0 Å². The largest absolute Gasteiger partial charge is 0.412 e. The number of halogens is 3. The van der Waals surface area contributed by atoms with Gasteiger partial charge < -0.3 is 9.73 Å². The Morgan fingerprint density at radius 3 is 2.61 bits per heavy atom. The van der Waals surface area contributed by atoms with Crippen molar-refractivity contribution >= 4 is 23.2 Å². The summed E-state index contributed by atoms with van der Waals surface area (Å²) in [6.07, 6.45) is 0. The Bertz CT molecular complexity index is 883. The number of carbonyl (C=O) groups excluding carboxylic acids is 1. The first-order valence-corrected chi connectivity index (χ1v) is 6.77. The van der Waals surface area contributed by atoms with Crippen LogP contribution >= 0.6 is 11.6 Å². The molecule has 8 heteroatoms. The number of carbonyl (C=O) groups is 1. The first kappa shape index (κ1) is 15.1. The lowest BCUT2D eigenvalue weighted by Crippen LogP contribution is -2.12. The molecule has 23 heavy (non-hydrogen) atoms. The third kappa shape index (κ3) is 3.19. The van der Waals surface area contributed by atoms with Gasteiger partial charge in [-0.3, -0.25) is 4.79 Å². The van der Waals surface area contributed by atoms with E-state index >= 15 is 0 Å². The zero-order valence-electron chi connectivity index (χ0n) is 11.4. The highest BCUT2D eigenvalue weighted by Gasteiger charge is 2.18. The molecule has 0 atom stereocenters. The van der Waals surface area contributed by atoms with Crippen molar-refractivity contribution in [3.63, 3.8) is 0 Å². The fraction of sp³-hybridized carbons (Fsp3) is 0. The summed E-state index contributed by atoms with van der Waals surface area (Å²) in [5.74, 6) is -3.09. The van der Waals surface area contributed by atoms with Crippen LogP contribution in [-0.4, -0.2) is 16.1 Å². The van der Waals surface area contributed by atoms with E-state index in [1.165, 1.54) is 6.07 Å². The maximum atomic E-state index is 13.1. The van der Waals surface area contributed by atoms with Gasteiger partial charge in [-0.2, -0.15) is 0 Å². The molecule has 1 N–H and O–H groups in total. The van der Waals surface area contributed by atoms with E-state index in [0.29, 0.717) is 10.6 Å². The summed E-state index contributed by atoms with van der Waals surface area (Å²) < 4.78 is 31.2. The van der Waals surface area contributed by atoms with Gasteiger partial charge in [-0.15, -0.1) is 10.2 Å². The Morgan fingerprint density at radius 1 is 1.09 bits per heavy atom. The number of nitrogens with zero attached hydrogens (tertiary/aromatic N) is 2. The number of benzene rings is 2. The number of hydrogen-bond donors (Lipinski definition) is 1. The topological polar surface area (TPSA) is 68.0 Å². The minimum atomic E-state index is -1.08. The zero-order chi connectivity index (χ0) is 16.4. The molecule has 0 aliphatic heterocycles. The van der Waals surface area contributed by atoms with Crippen molar-refractivity contribution in [3.8, 4) is 11.5 Å². The van der Waals surface area contributed by atoms with Crippen LogP contribution < -0.4 is 5.32 Å². The molecule has 2 aromatic carbocycles. The second-order valence-corrected chi connectivity index (χ2v) is 4.88. The van der Waals surface area contributed by atoms with Gasteiger partial charge in [0, 0.05) is 11.8 Å². The molecule has 0 fully saturated rings. The SMILES string of the molecule is O=C(Nc1ccc(F)c(F)c1)c1nnc(-c2ccccc2Cl)o1. The Labute approximate surface area is 133 Å². The summed E-state index contributed by atoms with van der Waals surface area (Å²) >= 11 is 6.00. The van der Waals surface area contributed by atoms with Crippen molar-refractivity contribution in [2.75, 3.05) is 5.32 Å². The van der Waals surface area contributed by atoms with Gasteiger partial charge >= 0.3 is 11.8 Å². The van der Waals surface area contributed by atoms with Crippen molar-refractivity contribution in [2.45, 2.75) is 0 Å². The van der Waals surface area contributed by atoms with Crippen LogP contribution in [0.1, 0.15) is 10.7 Å². The van der Waals surface area contributed by atoms with Crippen LogP contribution in [0.2, 0.25) is 5.02 Å². The van der Waals surface area contributed by atoms with Crippen molar-refractivity contribution in [2.24, 2.45) is 0 Å².